The molecule has 6 nitrogen and oxygen atoms in total. The van der Waals surface area contributed by atoms with Crippen LogP contribution in [0.4, 0.5) is 0 Å². The molecule has 1 aliphatic rings. The van der Waals surface area contributed by atoms with Crippen molar-refractivity contribution in [2.75, 3.05) is 6.54 Å². The van der Waals surface area contributed by atoms with Crippen molar-refractivity contribution in [1.82, 2.24) is 9.88 Å². The van der Waals surface area contributed by atoms with Crippen LogP contribution in [0.25, 0.3) is 5.57 Å². The first-order valence-corrected chi connectivity index (χ1v) is 10.9. The summed E-state index contributed by atoms with van der Waals surface area (Å²) >= 11 is 1.39. The van der Waals surface area contributed by atoms with Gasteiger partial charge >= 0.3 is 5.97 Å². The van der Waals surface area contributed by atoms with Crippen LogP contribution in [-0.2, 0) is 17.8 Å². The third-order valence-corrected chi connectivity index (χ3v) is 6.21. The van der Waals surface area contributed by atoms with E-state index in [0.29, 0.717) is 29.4 Å². The van der Waals surface area contributed by atoms with Crippen molar-refractivity contribution in [2.45, 2.75) is 39.8 Å². The molecule has 3 rings (SSSR count). The largest absolute Gasteiger partial charge is 0.479 e. The van der Waals surface area contributed by atoms with Crippen molar-refractivity contribution in [3.05, 3.63) is 75.8 Å². The lowest BCUT2D eigenvalue weighted by atomic mass is 9.99. The maximum Gasteiger partial charge on any atom is 0.344 e. The second kappa shape index (κ2) is 9.75. The van der Waals surface area contributed by atoms with E-state index in [2.05, 4.69) is 11.6 Å². The van der Waals surface area contributed by atoms with Crippen LogP contribution in [0.2, 0.25) is 0 Å². The number of rotatable bonds is 7. The van der Waals surface area contributed by atoms with Gasteiger partial charge in [0.25, 0.3) is 5.91 Å². The topological polar surface area (TPSA) is 79.7 Å². The number of carboxylic acids is 1. The van der Waals surface area contributed by atoms with Gasteiger partial charge in [0.1, 0.15) is 15.6 Å². The van der Waals surface area contributed by atoms with Crippen LogP contribution in [0.5, 0.6) is 5.75 Å². The molecule has 0 radical (unpaired) electrons. The quantitative estimate of drug-likeness (QED) is 0.637. The van der Waals surface area contributed by atoms with Crippen molar-refractivity contribution in [2.24, 2.45) is 0 Å². The maximum atomic E-state index is 13.3. The third kappa shape index (κ3) is 5.11. The van der Waals surface area contributed by atoms with E-state index in [-0.39, 0.29) is 5.91 Å². The van der Waals surface area contributed by atoms with E-state index in [0.717, 1.165) is 28.1 Å². The van der Waals surface area contributed by atoms with E-state index in [1.165, 1.54) is 18.3 Å². The van der Waals surface area contributed by atoms with Gasteiger partial charge in [-0.15, -0.1) is 11.3 Å². The molecule has 7 heteroatoms. The second-order valence-electron chi connectivity index (χ2n) is 7.30. The molecule has 1 unspecified atom stereocenters. The van der Waals surface area contributed by atoms with Crippen LogP contribution in [0, 0.1) is 6.92 Å². The number of carbonyl (C=O) groups excluding carboxylic acids is 1. The van der Waals surface area contributed by atoms with Crippen molar-refractivity contribution >= 4 is 28.8 Å². The molecule has 0 fully saturated rings. The molecule has 0 aliphatic carbocycles. The number of aromatic nitrogens is 1. The summed E-state index contributed by atoms with van der Waals surface area (Å²) in [6.07, 6.45) is 7.27. The molecule has 1 amide bonds. The van der Waals surface area contributed by atoms with Gasteiger partial charge in [-0.2, -0.15) is 0 Å². The lowest BCUT2D eigenvalue weighted by Crippen LogP contribution is -2.36. The molecule has 1 N–H and O–H groups in total. The van der Waals surface area contributed by atoms with Gasteiger partial charge in [-0.3, -0.25) is 4.79 Å². The van der Waals surface area contributed by atoms with Crippen molar-refractivity contribution in [3.8, 4) is 5.75 Å². The molecule has 31 heavy (non-hydrogen) atoms. The SMILES string of the molecule is C=C/C=C(\C=C/C)c1nc(C)c(C(=O)N2CCc3ccc(OC(C)C(=O)O)cc3C2)s1. The maximum absolute atomic E-state index is 13.3. The second-order valence-corrected chi connectivity index (χ2v) is 8.30. The van der Waals surface area contributed by atoms with Gasteiger partial charge in [-0.25, -0.2) is 9.78 Å². The van der Waals surface area contributed by atoms with Gasteiger partial charge in [0.2, 0.25) is 0 Å². The predicted molar refractivity (Wildman–Crippen MR) is 122 cm³/mol. The number of carboxylic acid groups (broad SMARTS) is 1. The Bertz CT molecular complexity index is 1070. The predicted octanol–water partition coefficient (Wildman–Crippen LogP) is 4.65. The molecule has 2 aromatic rings. The monoisotopic (exact) mass is 438 g/mol. The van der Waals surface area contributed by atoms with Gasteiger partial charge in [0.05, 0.1) is 5.69 Å². The zero-order valence-corrected chi connectivity index (χ0v) is 18.7. The molecule has 1 aliphatic heterocycles. The lowest BCUT2D eigenvalue weighted by Gasteiger charge is -2.29. The fourth-order valence-electron chi connectivity index (χ4n) is 3.40. The number of ether oxygens (including phenoxy) is 1. The number of hydrogen-bond donors (Lipinski definition) is 1. The van der Waals surface area contributed by atoms with Gasteiger partial charge in [-0.1, -0.05) is 36.9 Å². The van der Waals surface area contributed by atoms with E-state index in [9.17, 15) is 9.59 Å². The Morgan fingerprint density at radius 1 is 1.35 bits per heavy atom. The fraction of sp³-hybridized carbons (Fsp3) is 0.292. The average molecular weight is 439 g/mol. The third-order valence-electron chi connectivity index (χ3n) is 5.02. The van der Waals surface area contributed by atoms with E-state index in [4.69, 9.17) is 9.84 Å². The summed E-state index contributed by atoms with van der Waals surface area (Å²) in [7, 11) is 0. The van der Waals surface area contributed by atoms with Crippen LogP contribution < -0.4 is 4.74 Å². The van der Waals surface area contributed by atoms with Crippen molar-refractivity contribution in [1.29, 1.82) is 0 Å². The highest BCUT2D eigenvalue weighted by atomic mass is 32.1. The molecule has 0 bridgehead atoms. The first-order valence-electron chi connectivity index (χ1n) is 10.1. The Morgan fingerprint density at radius 3 is 2.81 bits per heavy atom. The number of aliphatic carboxylic acids is 1. The van der Waals surface area contributed by atoms with E-state index >= 15 is 0 Å². The molecule has 0 saturated heterocycles. The number of hydrogen-bond acceptors (Lipinski definition) is 5. The smallest absolute Gasteiger partial charge is 0.344 e. The number of allylic oxidation sites excluding steroid dienone is 5. The molecular formula is C24H26N2O4S. The molecule has 162 valence electrons. The summed E-state index contributed by atoms with van der Waals surface area (Å²) in [6.45, 7) is 10.1. The average Bonchev–Trinajstić information content (AvgIpc) is 3.13. The first kappa shape index (κ1) is 22.5. The Labute approximate surface area is 186 Å². The summed E-state index contributed by atoms with van der Waals surface area (Å²) in [6, 6.07) is 5.56. The zero-order chi connectivity index (χ0) is 22.5. The van der Waals surface area contributed by atoms with Crippen molar-refractivity contribution < 1.29 is 19.4 Å². The molecule has 0 spiro atoms. The van der Waals surface area contributed by atoms with Crippen molar-refractivity contribution in [3.63, 3.8) is 0 Å². The molecular weight excluding hydrogens is 412 g/mol. The lowest BCUT2D eigenvalue weighted by molar-refractivity contribution is -0.144. The van der Waals surface area contributed by atoms with Gasteiger partial charge in [0.15, 0.2) is 6.10 Å². The Hall–Kier alpha value is -3.19. The number of benzene rings is 1. The highest BCUT2D eigenvalue weighted by Crippen LogP contribution is 2.30. The van der Waals surface area contributed by atoms with Crippen LogP contribution >= 0.6 is 11.3 Å². The van der Waals surface area contributed by atoms with E-state index < -0.39 is 12.1 Å². The highest BCUT2D eigenvalue weighted by Gasteiger charge is 2.26. The number of aryl methyl sites for hydroxylation is 1. The number of amides is 1. The van der Waals surface area contributed by atoms with Crippen LogP contribution in [-0.4, -0.2) is 39.5 Å². The van der Waals surface area contributed by atoms with Crippen LogP contribution in [0.1, 0.15) is 45.3 Å². The number of nitrogens with zero attached hydrogens (tertiary/aromatic N) is 2. The van der Waals surface area contributed by atoms with Gasteiger partial charge in [-0.05, 0) is 50.5 Å². The Morgan fingerprint density at radius 2 is 2.13 bits per heavy atom. The Kier molecular flexibility index (Phi) is 7.07. The minimum absolute atomic E-state index is 0.0458. The number of carbonyl (C=O) groups is 2. The molecule has 1 aromatic heterocycles. The van der Waals surface area contributed by atoms with Crippen LogP contribution in [0.3, 0.4) is 0 Å². The van der Waals surface area contributed by atoms with Crippen LogP contribution in [0.15, 0.2) is 49.1 Å². The highest BCUT2D eigenvalue weighted by molar-refractivity contribution is 7.14. The minimum atomic E-state index is -1.02. The molecule has 1 atom stereocenters. The number of fused-ring (bicyclic) bond motifs is 1. The summed E-state index contributed by atoms with van der Waals surface area (Å²) in [5.41, 5.74) is 3.74. The standard InChI is InChI=1S/C24H26N2O4S/c1-5-7-18(8-6-2)22-25-15(3)21(31-22)23(27)26-12-11-17-9-10-20(13-19(17)14-26)30-16(4)24(28)29/h5-10,13,16H,1,11-12,14H2,2-4H3,(H,28,29)/b8-6-,18-7+. The Balaban J connectivity index is 1.81. The minimum Gasteiger partial charge on any atom is -0.479 e. The number of thiazole rings is 1. The summed E-state index contributed by atoms with van der Waals surface area (Å²) < 4.78 is 5.49. The fourth-order valence-corrected chi connectivity index (χ4v) is 4.44. The van der Waals surface area contributed by atoms with E-state index in [1.807, 2.05) is 49.1 Å². The zero-order valence-electron chi connectivity index (χ0n) is 17.9. The summed E-state index contributed by atoms with van der Waals surface area (Å²) in [4.78, 5) is 31.4. The van der Waals surface area contributed by atoms with E-state index in [1.54, 1.807) is 12.1 Å². The molecule has 2 heterocycles. The van der Waals surface area contributed by atoms with Gasteiger partial charge in [0, 0.05) is 18.7 Å². The normalized spacial score (nSPS) is 14.9. The summed E-state index contributed by atoms with van der Waals surface area (Å²) in [5.74, 6) is -0.575. The molecule has 1 aromatic carbocycles. The molecule has 0 saturated carbocycles. The summed E-state index contributed by atoms with van der Waals surface area (Å²) in [5, 5.41) is 9.85. The first-order chi connectivity index (χ1) is 14.8. The van der Waals surface area contributed by atoms with Gasteiger partial charge < -0.3 is 14.7 Å².